The van der Waals surface area contributed by atoms with Gasteiger partial charge in [0.25, 0.3) is 0 Å². The zero-order valence-corrected chi connectivity index (χ0v) is 9.25. The molecule has 0 heterocycles. The van der Waals surface area contributed by atoms with Gasteiger partial charge in [0.1, 0.15) is 0 Å². The lowest BCUT2D eigenvalue weighted by molar-refractivity contribution is -0.143. The quantitative estimate of drug-likeness (QED) is 0.597. The largest absolute Gasteiger partial charge is 0.481 e. The molecule has 0 aromatic rings. The van der Waals surface area contributed by atoms with Gasteiger partial charge in [-0.1, -0.05) is 0 Å². The fourth-order valence-corrected chi connectivity index (χ4v) is 1.37. The minimum atomic E-state index is -0.843. The number of hydrogen-bond acceptors (Lipinski definition) is 2. The summed E-state index contributed by atoms with van der Waals surface area (Å²) >= 11 is 0. The summed E-state index contributed by atoms with van der Waals surface area (Å²) in [4.78, 5) is 22.2. The van der Waals surface area contributed by atoms with Crippen LogP contribution in [0.1, 0.15) is 26.2 Å². The molecule has 1 fully saturated rings. The topological polar surface area (TPSA) is 78.4 Å². The first-order chi connectivity index (χ1) is 7.50. The van der Waals surface area contributed by atoms with Crippen molar-refractivity contribution in [2.45, 2.75) is 32.2 Å². The van der Waals surface area contributed by atoms with E-state index in [0.717, 1.165) is 0 Å². The predicted octanol–water partition coefficient (Wildman–Crippen LogP) is 0.562. The number of terminal acetylenes is 1. The van der Waals surface area contributed by atoms with Crippen molar-refractivity contribution in [1.29, 1.82) is 0 Å². The molecule has 0 spiro atoms. The first-order valence-corrected chi connectivity index (χ1v) is 5.21. The van der Waals surface area contributed by atoms with Crippen molar-refractivity contribution < 1.29 is 14.7 Å². The van der Waals surface area contributed by atoms with Crippen LogP contribution in [0.15, 0.2) is 0 Å². The molecule has 0 aromatic heterocycles. The van der Waals surface area contributed by atoms with Gasteiger partial charge in [0.05, 0.1) is 5.41 Å². The Morgan fingerprint density at radius 3 is 2.62 bits per heavy atom. The molecular weight excluding hydrogens is 208 g/mol. The second-order valence-electron chi connectivity index (χ2n) is 4.22. The smallest absolute Gasteiger partial charge is 0.315 e. The normalized spacial score (nSPS) is 18.0. The lowest BCUT2D eigenvalue weighted by atomic mass is 10.1. The summed E-state index contributed by atoms with van der Waals surface area (Å²) in [5, 5.41) is 14.1. The van der Waals surface area contributed by atoms with Gasteiger partial charge in [-0.05, 0) is 19.8 Å². The summed E-state index contributed by atoms with van der Waals surface area (Å²) in [6, 6.07) is -0.472. The summed E-state index contributed by atoms with van der Waals surface area (Å²) < 4.78 is 0. The molecule has 5 heteroatoms. The lowest BCUT2D eigenvalue weighted by Crippen LogP contribution is -2.44. The number of carboxylic acid groups (broad SMARTS) is 1. The number of rotatable bonds is 5. The van der Waals surface area contributed by atoms with Crippen LogP contribution in [0.4, 0.5) is 4.79 Å². The Balaban J connectivity index is 2.26. The van der Waals surface area contributed by atoms with E-state index >= 15 is 0 Å². The van der Waals surface area contributed by atoms with Crippen LogP contribution in [-0.4, -0.2) is 29.7 Å². The van der Waals surface area contributed by atoms with Crippen molar-refractivity contribution in [3.05, 3.63) is 0 Å². The van der Waals surface area contributed by atoms with E-state index < -0.39 is 11.4 Å². The van der Waals surface area contributed by atoms with Crippen LogP contribution >= 0.6 is 0 Å². The molecule has 2 amide bonds. The number of urea groups is 1. The van der Waals surface area contributed by atoms with Crippen LogP contribution in [0.25, 0.3) is 0 Å². The Hall–Kier alpha value is -1.70. The van der Waals surface area contributed by atoms with Gasteiger partial charge in [-0.2, -0.15) is 0 Å². The summed E-state index contributed by atoms with van der Waals surface area (Å²) in [6.45, 7) is 1.97. The zero-order chi connectivity index (χ0) is 12.2. The maximum Gasteiger partial charge on any atom is 0.315 e. The Morgan fingerprint density at radius 2 is 2.19 bits per heavy atom. The van der Waals surface area contributed by atoms with Gasteiger partial charge in [0.15, 0.2) is 0 Å². The molecule has 3 N–H and O–H groups in total. The van der Waals surface area contributed by atoms with E-state index in [1.807, 2.05) is 0 Å². The highest BCUT2D eigenvalue weighted by molar-refractivity contribution is 5.80. The SMILES string of the molecule is C#CCC(C)NC(=O)NCC1(C(=O)O)CC1. The molecule has 0 bridgehead atoms. The summed E-state index contributed by atoms with van der Waals surface area (Å²) in [7, 11) is 0. The minimum absolute atomic E-state index is 0.106. The van der Waals surface area contributed by atoms with E-state index in [1.165, 1.54) is 0 Å². The van der Waals surface area contributed by atoms with Crippen molar-refractivity contribution in [3.8, 4) is 12.3 Å². The zero-order valence-electron chi connectivity index (χ0n) is 9.25. The molecule has 0 aliphatic heterocycles. The van der Waals surface area contributed by atoms with Crippen LogP contribution in [0.3, 0.4) is 0 Å². The van der Waals surface area contributed by atoms with Gasteiger partial charge in [0, 0.05) is 19.0 Å². The predicted molar refractivity (Wildman–Crippen MR) is 58.7 cm³/mol. The fourth-order valence-electron chi connectivity index (χ4n) is 1.37. The number of hydrogen-bond donors (Lipinski definition) is 3. The van der Waals surface area contributed by atoms with Gasteiger partial charge < -0.3 is 15.7 Å². The third-order valence-electron chi connectivity index (χ3n) is 2.70. The van der Waals surface area contributed by atoms with Gasteiger partial charge in [-0.15, -0.1) is 12.3 Å². The monoisotopic (exact) mass is 224 g/mol. The second-order valence-corrected chi connectivity index (χ2v) is 4.22. The summed E-state index contributed by atoms with van der Waals surface area (Å²) in [5.74, 6) is 1.60. The molecule has 1 aliphatic rings. The molecule has 0 saturated heterocycles. The molecule has 1 rings (SSSR count). The highest BCUT2D eigenvalue weighted by Gasteiger charge is 2.50. The number of amides is 2. The molecule has 0 radical (unpaired) electrons. The molecule has 1 aliphatic carbocycles. The summed E-state index contributed by atoms with van der Waals surface area (Å²) in [5.41, 5.74) is -0.729. The van der Waals surface area contributed by atoms with Crippen molar-refractivity contribution in [2.75, 3.05) is 6.54 Å². The minimum Gasteiger partial charge on any atom is -0.481 e. The molecule has 88 valence electrons. The van der Waals surface area contributed by atoms with Crippen molar-refractivity contribution in [1.82, 2.24) is 10.6 Å². The van der Waals surface area contributed by atoms with E-state index in [4.69, 9.17) is 11.5 Å². The maximum absolute atomic E-state index is 11.3. The van der Waals surface area contributed by atoms with Gasteiger partial charge in [-0.25, -0.2) is 4.79 Å². The number of carbonyl (C=O) groups is 2. The number of carbonyl (C=O) groups excluding carboxylic acids is 1. The summed E-state index contributed by atoms with van der Waals surface area (Å²) in [6.07, 6.45) is 6.81. The van der Waals surface area contributed by atoms with E-state index in [2.05, 4.69) is 16.6 Å². The fraction of sp³-hybridized carbons (Fsp3) is 0.636. The van der Waals surface area contributed by atoms with E-state index in [-0.39, 0.29) is 18.6 Å². The van der Waals surface area contributed by atoms with Crippen LogP contribution in [0.2, 0.25) is 0 Å². The highest BCUT2D eigenvalue weighted by atomic mass is 16.4. The molecule has 0 aromatic carbocycles. The van der Waals surface area contributed by atoms with Crippen molar-refractivity contribution in [3.63, 3.8) is 0 Å². The maximum atomic E-state index is 11.3. The molecule has 1 atom stereocenters. The Morgan fingerprint density at radius 1 is 1.56 bits per heavy atom. The molecular formula is C11H16N2O3. The van der Waals surface area contributed by atoms with E-state index in [9.17, 15) is 9.59 Å². The third kappa shape index (κ3) is 3.16. The van der Waals surface area contributed by atoms with Crippen molar-refractivity contribution >= 4 is 12.0 Å². The molecule has 5 nitrogen and oxygen atoms in total. The lowest BCUT2D eigenvalue weighted by Gasteiger charge is -2.14. The van der Waals surface area contributed by atoms with Crippen LogP contribution in [0.5, 0.6) is 0 Å². The van der Waals surface area contributed by atoms with Crippen LogP contribution in [0, 0.1) is 17.8 Å². The van der Waals surface area contributed by atoms with Crippen molar-refractivity contribution in [2.24, 2.45) is 5.41 Å². The van der Waals surface area contributed by atoms with Gasteiger partial charge in [-0.3, -0.25) is 4.79 Å². The third-order valence-corrected chi connectivity index (χ3v) is 2.70. The Bertz CT molecular complexity index is 329. The Labute approximate surface area is 94.6 Å². The molecule has 1 saturated carbocycles. The van der Waals surface area contributed by atoms with Gasteiger partial charge >= 0.3 is 12.0 Å². The second kappa shape index (κ2) is 4.88. The van der Waals surface area contributed by atoms with Gasteiger partial charge in [0.2, 0.25) is 0 Å². The van der Waals surface area contributed by atoms with Crippen LogP contribution < -0.4 is 10.6 Å². The number of nitrogens with one attached hydrogen (secondary N) is 2. The average molecular weight is 224 g/mol. The van der Waals surface area contributed by atoms with E-state index in [1.54, 1.807) is 6.92 Å². The first-order valence-electron chi connectivity index (χ1n) is 5.21. The van der Waals surface area contributed by atoms with Crippen LogP contribution in [-0.2, 0) is 4.79 Å². The number of carboxylic acids is 1. The first kappa shape index (κ1) is 12.4. The number of aliphatic carboxylic acids is 1. The average Bonchev–Trinajstić information content (AvgIpc) is 2.95. The Kier molecular flexibility index (Phi) is 3.78. The molecule has 1 unspecified atom stereocenters. The van der Waals surface area contributed by atoms with E-state index in [0.29, 0.717) is 19.3 Å². The highest BCUT2D eigenvalue weighted by Crippen LogP contribution is 2.45. The molecule has 16 heavy (non-hydrogen) atoms. The standard InChI is InChI=1S/C11H16N2O3/c1-3-4-8(2)13-10(16)12-7-11(5-6-11)9(14)15/h1,8H,4-7H2,2H3,(H,14,15)(H2,12,13,16).